The number of pyridine rings is 2. The van der Waals surface area contributed by atoms with Crippen molar-refractivity contribution in [3.05, 3.63) is 109 Å². The molecule has 0 saturated heterocycles. The normalized spacial score (nSPS) is 11.6. The van der Waals surface area contributed by atoms with Crippen LogP contribution in [0.3, 0.4) is 0 Å². The molecule has 0 bridgehead atoms. The number of fused-ring (bicyclic) bond motifs is 2. The molecule has 0 saturated carbocycles. The Bertz CT molecular complexity index is 1680. The van der Waals surface area contributed by atoms with Crippen molar-refractivity contribution in [2.24, 2.45) is 0 Å². The van der Waals surface area contributed by atoms with E-state index in [9.17, 15) is 0 Å². The van der Waals surface area contributed by atoms with Crippen molar-refractivity contribution in [1.82, 2.24) is 19.1 Å². The van der Waals surface area contributed by atoms with Gasteiger partial charge in [0.2, 0.25) is 0 Å². The summed E-state index contributed by atoms with van der Waals surface area (Å²) in [6.45, 7) is 4.39. The Labute approximate surface area is 250 Å². The first-order valence-corrected chi connectivity index (χ1v) is 13.1. The van der Waals surface area contributed by atoms with E-state index in [0.717, 1.165) is 56.2 Å². The molecule has 0 amide bonds. The van der Waals surface area contributed by atoms with Gasteiger partial charge in [-0.1, -0.05) is 59.8 Å². The van der Waals surface area contributed by atoms with Gasteiger partial charge in [-0.05, 0) is 38.1 Å². The van der Waals surface area contributed by atoms with Crippen LogP contribution in [0.4, 0.5) is 11.4 Å². The van der Waals surface area contributed by atoms with Crippen LogP contribution in [0.5, 0.6) is 0 Å². The summed E-state index contributed by atoms with van der Waals surface area (Å²) in [6, 6.07) is 29.2. The van der Waals surface area contributed by atoms with Crippen molar-refractivity contribution in [2.75, 3.05) is 38.0 Å². The zero-order chi connectivity index (χ0) is 27.3. The van der Waals surface area contributed by atoms with Gasteiger partial charge in [0.25, 0.3) is 0 Å². The largest absolute Gasteiger partial charge is 2.00 e. The number of rotatable bonds is 6. The molecule has 4 heterocycles. The molecule has 0 spiro atoms. The zero-order valence-electron chi connectivity index (χ0n) is 23.6. The smallest absolute Gasteiger partial charge is 0.429 e. The fourth-order valence-corrected chi connectivity index (χ4v) is 4.93. The molecule has 0 fully saturated rings. The molecule has 0 N–H and O–H groups in total. The van der Waals surface area contributed by atoms with Gasteiger partial charge in [-0.3, -0.25) is 9.97 Å². The van der Waals surface area contributed by atoms with Crippen LogP contribution in [0, 0.1) is 12.4 Å². The standard InChI is InChI=1S/C33H32N6.Pt/c1-33(2,29-19-25(36(3)4)21-31(34-29)38-17-15-23-11-7-9-13-27(23)38)30-20-26(37(5)6)22-32(35-30)39-18-16-24-12-8-10-14-28(24)39;/h7-16,19-22H,1-6H3;/q-2;+2. The van der Waals surface area contributed by atoms with E-state index in [4.69, 9.17) is 9.97 Å². The predicted octanol–water partition coefficient (Wildman–Crippen LogP) is 6.42. The summed E-state index contributed by atoms with van der Waals surface area (Å²) < 4.78 is 4.08. The summed E-state index contributed by atoms with van der Waals surface area (Å²) in [7, 11) is 8.24. The molecule has 0 atom stereocenters. The van der Waals surface area contributed by atoms with Crippen molar-refractivity contribution in [1.29, 1.82) is 0 Å². The Morgan fingerprint density at radius 3 is 1.43 bits per heavy atom. The SMILES string of the molecule is CN(C)c1cc(-n2[c-]cc3ccccc32)nc(C(C)(C)c2cc(N(C)C)cc(-n3[c-]cc4ccccc43)n2)c1.[Pt+2]. The Morgan fingerprint density at radius 1 is 0.625 bits per heavy atom. The van der Waals surface area contributed by atoms with E-state index in [2.05, 4.69) is 113 Å². The summed E-state index contributed by atoms with van der Waals surface area (Å²) in [5, 5.41) is 2.27. The van der Waals surface area contributed by atoms with Crippen LogP contribution < -0.4 is 9.80 Å². The molecule has 6 rings (SSSR count). The fourth-order valence-electron chi connectivity index (χ4n) is 4.93. The maximum Gasteiger partial charge on any atom is 2.00 e. The van der Waals surface area contributed by atoms with Crippen molar-refractivity contribution < 1.29 is 21.1 Å². The number of para-hydroxylation sites is 2. The minimum atomic E-state index is -0.493. The van der Waals surface area contributed by atoms with Gasteiger partial charge in [-0.2, -0.15) is 0 Å². The number of aromatic nitrogens is 4. The van der Waals surface area contributed by atoms with E-state index in [0.29, 0.717) is 0 Å². The molecule has 4 aromatic heterocycles. The third-order valence-corrected chi connectivity index (χ3v) is 7.42. The van der Waals surface area contributed by atoms with Gasteiger partial charge in [0.05, 0.1) is 11.6 Å². The number of anilines is 2. The summed E-state index contributed by atoms with van der Waals surface area (Å²) in [5.41, 5.74) is 5.68. The van der Waals surface area contributed by atoms with E-state index in [1.165, 1.54) is 0 Å². The number of hydrogen-bond acceptors (Lipinski definition) is 4. The van der Waals surface area contributed by atoms with Gasteiger partial charge in [0.1, 0.15) is 0 Å². The van der Waals surface area contributed by atoms with E-state index in [1.807, 2.05) is 45.5 Å². The molecular formula is C33H32N6Pt. The molecule has 0 aliphatic heterocycles. The predicted molar refractivity (Wildman–Crippen MR) is 161 cm³/mol. The molecule has 0 aliphatic rings. The van der Waals surface area contributed by atoms with Gasteiger partial charge in [-0.15, -0.1) is 35.0 Å². The molecule has 2 aromatic carbocycles. The molecule has 0 radical (unpaired) electrons. The first-order chi connectivity index (χ1) is 18.7. The van der Waals surface area contributed by atoms with E-state index >= 15 is 0 Å². The van der Waals surface area contributed by atoms with Crippen molar-refractivity contribution >= 4 is 33.2 Å². The van der Waals surface area contributed by atoms with E-state index in [-0.39, 0.29) is 21.1 Å². The molecule has 0 unspecified atom stereocenters. The Kier molecular flexibility index (Phi) is 7.32. The van der Waals surface area contributed by atoms with Crippen LogP contribution in [0.25, 0.3) is 33.4 Å². The van der Waals surface area contributed by atoms with Crippen LogP contribution in [0.1, 0.15) is 25.2 Å². The number of nitrogens with zero attached hydrogens (tertiary/aromatic N) is 6. The summed E-state index contributed by atoms with van der Waals surface area (Å²) in [6.07, 6.45) is 6.78. The second-order valence-electron chi connectivity index (χ2n) is 10.9. The van der Waals surface area contributed by atoms with Crippen molar-refractivity contribution in [2.45, 2.75) is 19.3 Å². The topological polar surface area (TPSA) is 42.1 Å². The molecular weight excluding hydrogens is 675 g/mol. The van der Waals surface area contributed by atoms with Crippen LogP contribution >= 0.6 is 0 Å². The Morgan fingerprint density at radius 2 is 1.02 bits per heavy atom. The average molecular weight is 708 g/mol. The van der Waals surface area contributed by atoms with Gasteiger partial charge in [0.15, 0.2) is 0 Å². The number of hydrogen-bond donors (Lipinski definition) is 0. The maximum atomic E-state index is 5.21. The number of benzene rings is 2. The fraction of sp³-hybridized carbons (Fsp3) is 0.212. The minimum absolute atomic E-state index is 0. The molecule has 40 heavy (non-hydrogen) atoms. The molecule has 6 nitrogen and oxygen atoms in total. The Balaban J connectivity index is 0.00000323. The molecule has 0 aliphatic carbocycles. The van der Waals surface area contributed by atoms with Gasteiger partial charge in [0, 0.05) is 56.4 Å². The second-order valence-corrected chi connectivity index (χ2v) is 10.9. The summed E-state index contributed by atoms with van der Waals surface area (Å²) in [5.74, 6) is 1.67. The van der Waals surface area contributed by atoms with E-state index in [1.54, 1.807) is 0 Å². The van der Waals surface area contributed by atoms with Crippen LogP contribution in [-0.2, 0) is 26.5 Å². The summed E-state index contributed by atoms with van der Waals surface area (Å²) >= 11 is 0. The van der Waals surface area contributed by atoms with Crippen LogP contribution in [0.15, 0.2) is 84.9 Å². The monoisotopic (exact) mass is 707 g/mol. The Hall–Kier alpha value is -3.89. The molecule has 7 heteroatoms. The van der Waals surface area contributed by atoms with Crippen molar-refractivity contribution in [3.63, 3.8) is 0 Å². The summed E-state index contributed by atoms with van der Waals surface area (Å²) in [4.78, 5) is 14.7. The first kappa shape index (κ1) is 27.7. The third-order valence-electron chi connectivity index (χ3n) is 7.42. The zero-order valence-corrected chi connectivity index (χ0v) is 25.9. The van der Waals surface area contributed by atoms with Crippen LogP contribution in [0.2, 0.25) is 0 Å². The quantitative estimate of drug-likeness (QED) is 0.188. The van der Waals surface area contributed by atoms with Gasteiger partial charge < -0.3 is 18.9 Å². The molecule has 6 aromatic rings. The molecule has 204 valence electrons. The van der Waals surface area contributed by atoms with Crippen molar-refractivity contribution in [3.8, 4) is 11.6 Å². The average Bonchev–Trinajstić information content (AvgIpc) is 3.57. The van der Waals surface area contributed by atoms with E-state index < -0.39 is 5.41 Å². The first-order valence-electron chi connectivity index (χ1n) is 13.1. The minimum Gasteiger partial charge on any atom is -0.429 e. The third kappa shape index (κ3) is 4.82. The maximum absolute atomic E-state index is 5.21. The second kappa shape index (κ2) is 10.6. The van der Waals surface area contributed by atoms with Crippen LogP contribution in [-0.4, -0.2) is 47.3 Å². The van der Waals surface area contributed by atoms with Gasteiger partial charge in [-0.25, -0.2) is 0 Å². The van der Waals surface area contributed by atoms with Gasteiger partial charge >= 0.3 is 21.1 Å².